The summed E-state index contributed by atoms with van der Waals surface area (Å²) in [7, 11) is 3.76. The predicted molar refractivity (Wildman–Crippen MR) is 56.0 cm³/mol. The van der Waals surface area contributed by atoms with Crippen molar-refractivity contribution >= 4 is 5.69 Å². The van der Waals surface area contributed by atoms with E-state index in [1.165, 1.54) is 6.92 Å². The minimum Gasteiger partial charge on any atom is -0.377 e. The van der Waals surface area contributed by atoms with Crippen LogP contribution in [0, 0.1) is 11.3 Å². The van der Waals surface area contributed by atoms with Crippen molar-refractivity contribution < 1.29 is 5.11 Å². The molecule has 0 aromatic heterocycles. The normalized spacial score (nSPS) is 14.2. The van der Waals surface area contributed by atoms with Crippen LogP contribution in [0.4, 0.5) is 5.69 Å². The number of aliphatic hydroxyl groups is 1. The number of rotatable bonds is 2. The Labute approximate surface area is 84.2 Å². The predicted octanol–water partition coefficient (Wildman–Crippen LogP) is 1.48. The Kier molecular flexibility index (Phi) is 2.78. The van der Waals surface area contributed by atoms with E-state index < -0.39 is 5.60 Å². The highest BCUT2D eigenvalue weighted by atomic mass is 16.3. The van der Waals surface area contributed by atoms with Gasteiger partial charge in [-0.05, 0) is 13.0 Å². The van der Waals surface area contributed by atoms with E-state index in [1.807, 2.05) is 43.3 Å². The van der Waals surface area contributed by atoms with E-state index in [4.69, 9.17) is 5.26 Å². The Balaban J connectivity index is 3.29. The maximum atomic E-state index is 9.84. The first-order valence-electron chi connectivity index (χ1n) is 4.39. The van der Waals surface area contributed by atoms with Gasteiger partial charge in [-0.1, -0.05) is 18.2 Å². The zero-order valence-electron chi connectivity index (χ0n) is 8.65. The molecule has 1 atom stereocenters. The standard InChI is InChI=1S/C11H14N2O/c1-11(14,8-12)9-6-4-5-7-10(9)13(2)3/h4-7,14H,1-3H3. The third kappa shape index (κ3) is 1.86. The summed E-state index contributed by atoms with van der Waals surface area (Å²) in [4.78, 5) is 1.88. The van der Waals surface area contributed by atoms with Gasteiger partial charge in [0, 0.05) is 25.3 Å². The van der Waals surface area contributed by atoms with Gasteiger partial charge in [0.25, 0.3) is 0 Å². The summed E-state index contributed by atoms with van der Waals surface area (Å²) in [5.74, 6) is 0. The van der Waals surface area contributed by atoms with Gasteiger partial charge in [-0.3, -0.25) is 0 Å². The highest BCUT2D eigenvalue weighted by molar-refractivity contribution is 5.56. The minimum atomic E-state index is -1.43. The summed E-state index contributed by atoms with van der Waals surface area (Å²) in [5.41, 5.74) is 0.0625. The topological polar surface area (TPSA) is 47.3 Å². The Morgan fingerprint density at radius 1 is 1.36 bits per heavy atom. The molecule has 0 radical (unpaired) electrons. The molecular weight excluding hydrogens is 176 g/mol. The summed E-state index contributed by atoms with van der Waals surface area (Å²) < 4.78 is 0. The van der Waals surface area contributed by atoms with E-state index in [9.17, 15) is 5.11 Å². The van der Waals surface area contributed by atoms with E-state index in [0.29, 0.717) is 5.56 Å². The molecule has 0 amide bonds. The van der Waals surface area contributed by atoms with Crippen LogP contribution in [0.3, 0.4) is 0 Å². The second-order valence-corrected chi connectivity index (χ2v) is 3.60. The minimum absolute atomic E-state index is 0.632. The average molecular weight is 190 g/mol. The maximum Gasteiger partial charge on any atom is 0.175 e. The van der Waals surface area contributed by atoms with Crippen LogP contribution in [0.25, 0.3) is 0 Å². The van der Waals surface area contributed by atoms with Crippen LogP contribution in [0.2, 0.25) is 0 Å². The molecule has 3 heteroatoms. The summed E-state index contributed by atoms with van der Waals surface area (Å²) in [6, 6.07) is 9.22. The lowest BCUT2D eigenvalue weighted by Crippen LogP contribution is -2.22. The van der Waals surface area contributed by atoms with Crippen molar-refractivity contribution in [3.8, 4) is 6.07 Å². The molecule has 14 heavy (non-hydrogen) atoms. The number of hydrogen-bond acceptors (Lipinski definition) is 3. The second-order valence-electron chi connectivity index (χ2n) is 3.60. The first-order chi connectivity index (χ1) is 6.49. The molecule has 0 spiro atoms. The first-order valence-corrected chi connectivity index (χ1v) is 4.39. The smallest absolute Gasteiger partial charge is 0.175 e. The van der Waals surface area contributed by atoms with Crippen LogP contribution in [-0.4, -0.2) is 19.2 Å². The monoisotopic (exact) mass is 190 g/mol. The third-order valence-electron chi connectivity index (χ3n) is 2.13. The molecule has 1 N–H and O–H groups in total. The molecule has 0 aliphatic heterocycles. The lowest BCUT2D eigenvalue weighted by Gasteiger charge is -2.23. The van der Waals surface area contributed by atoms with Gasteiger partial charge in [0.15, 0.2) is 5.60 Å². The maximum absolute atomic E-state index is 9.84. The van der Waals surface area contributed by atoms with Crippen molar-refractivity contribution in [3.63, 3.8) is 0 Å². The second kappa shape index (κ2) is 3.69. The number of nitrogens with zero attached hydrogens (tertiary/aromatic N) is 2. The van der Waals surface area contributed by atoms with Crippen LogP contribution in [0.15, 0.2) is 24.3 Å². The molecule has 1 aromatic carbocycles. The van der Waals surface area contributed by atoms with Gasteiger partial charge in [0.05, 0.1) is 0 Å². The van der Waals surface area contributed by atoms with Crippen molar-refractivity contribution in [2.45, 2.75) is 12.5 Å². The van der Waals surface area contributed by atoms with Gasteiger partial charge in [-0.25, -0.2) is 0 Å². The molecule has 0 aliphatic carbocycles. The molecule has 0 saturated heterocycles. The number of benzene rings is 1. The van der Waals surface area contributed by atoms with Gasteiger partial charge >= 0.3 is 0 Å². The fourth-order valence-corrected chi connectivity index (χ4v) is 1.34. The fraction of sp³-hybridized carbons (Fsp3) is 0.364. The molecule has 74 valence electrons. The van der Waals surface area contributed by atoms with Crippen molar-refractivity contribution in [3.05, 3.63) is 29.8 Å². The van der Waals surface area contributed by atoms with Gasteiger partial charge < -0.3 is 10.0 Å². The lowest BCUT2D eigenvalue weighted by molar-refractivity contribution is 0.120. The molecule has 0 saturated carbocycles. The summed E-state index contributed by atoms with van der Waals surface area (Å²) in [5, 5.41) is 18.7. The SMILES string of the molecule is CN(C)c1ccccc1C(C)(O)C#N. The Bertz CT molecular complexity index is 364. The van der Waals surface area contributed by atoms with E-state index in [1.54, 1.807) is 6.07 Å². The lowest BCUT2D eigenvalue weighted by atomic mass is 9.95. The number of anilines is 1. The summed E-state index contributed by atoms with van der Waals surface area (Å²) >= 11 is 0. The quantitative estimate of drug-likeness (QED) is 0.718. The van der Waals surface area contributed by atoms with Crippen LogP contribution in [-0.2, 0) is 5.60 Å². The third-order valence-corrected chi connectivity index (χ3v) is 2.13. The van der Waals surface area contributed by atoms with Crippen molar-refractivity contribution in [2.24, 2.45) is 0 Å². The van der Waals surface area contributed by atoms with Gasteiger partial charge in [-0.2, -0.15) is 5.26 Å². The highest BCUT2D eigenvalue weighted by Gasteiger charge is 2.25. The van der Waals surface area contributed by atoms with Gasteiger partial charge in [0.2, 0.25) is 0 Å². The van der Waals surface area contributed by atoms with E-state index in [2.05, 4.69) is 0 Å². The van der Waals surface area contributed by atoms with E-state index in [-0.39, 0.29) is 0 Å². The van der Waals surface area contributed by atoms with Crippen molar-refractivity contribution in [2.75, 3.05) is 19.0 Å². The first kappa shape index (κ1) is 10.6. The van der Waals surface area contributed by atoms with Crippen LogP contribution in [0.5, 0.6) is 0 Å². The number of nitriles is 1. The Morgan fingerprint density at radius 2 is 1.93 bits per heavy atom. The van der Waals surface area contributed by atoms with Crippen molar-refractivity contribution in [1.29, 1.82) is 5.26 Å². The molecule has 1 rings (SSSR count). The Morgan fingerprint density at radius 3 is 2.43 bits per heavy atom. The summed E-state index contributed by atoms with van der Waals surface area (Å²) in [6.45, 7) is 1.50. The molecule has 1 aromatic rings. The summed E-state index contributed by atoms with van der Waals surface area (Å²) in [6.07, 6.45) is 0. The van der Waals surface area contributed by atoms with Crippen LogP contribution in [0.1, 0.15) is 12.5 Å². The zero-order chi connectivity index (χ0) is 10.8. The van der Waals surface area contributed by atoms with Gasteiger partial charge in [-0.15, -0.1) is 0 Å². The van der Waals surface area contributed by atoms with E-state index >= 15 is 0 Å². The van der Waals surface area contributed by atoms with Crippen LogP contribution < -0.4 is 4.90 Å². The molecule has 0 bridgehead atoms. The molecule has 1 unspecified atom stereocenters. The fourth-order valence-electron chi connectivity index (χ4n) is 1.34. The van der Waals surface area contributed by atoms with Gasteiger partial charge in [0.1, 0.15) is 6.07 Å². The molecule has 0 fully saturated rings. The van der Waals surface area contributed by atoms with E-state index in [0.717, 1.165) is 5.69 Å². The highest BCUT2D eigenvalue weighted by Crippen LogP contribution is 2.28. The van der Waals surface area contributed by atoms with Crippen LogP contribution >= 0.6 is 0 Å². The molecule has 0 aliphatic rings. The largest absolute Gasteiger partial charge is 0.377 e. The molecular formula is C11H14N2O. The van der Waals surface area contributed by atoms with Crippen molar-refractivity contribution in [1.82, 2.24) is 0 Å². The average Bonchev–Trinajstić information content (AvgIpc) is 2.18. The molecule has 3 nitrogen and oxygen atoms in total. The zero-order valence-corrected chi connectivity index (χ0v) is 8.65. The number of para-hydroxylation sites is 1. The molecule has 0 heterocycles. The number of hydrogen-bond donors (Lipinski definition) is 1. The Hall–Kier alpha value is -1.53.